The van der Waals surface area contributed by atoms with E-state index in [9.17, 15) is 4.79 Å². The molecule has 0 saturated heterocycles. The number of hydrogen-bond acceptors (Lipinski definition) is 4. The van der Waals surface area contributed by atoms with E-state index in [2.05, 4.69) is 39.2 Å². The third kappa shape index (κ3) is 6.85. The summed E-state index contributed by atoms with van der Waals surface area (Å²) in [7, 11) is -1.86. The Hall–Kier alpha value is -2.41. The van der Waals surface area contributed by atoms with E-state index >= 15 is 0 Å². The van der Waals surface area contributed by atoms with Crippen LogP contribution in [-0.4, -0.2) is 26.1 Å². The number of benzene rings is 2. The van der Waals surface area contributed by atoms with Crippen molar-refractivity contribution >= 4 is 26.2 Å². The van der Waals surface area contributed by atoms with Gasteiger partial charge in [0.2, 0.25) is 0 Å². The van der Waals surface area contributed by atoms with Crippen molar-refractivity contribution in [2.75, 3.05) is 11.9 Å². The van der Waals surface area contributed by atoms with Gasteiger partial charge in [-0.3, -0.25) is 5.32 Å². The van der Waals surface area contributed by atoms with Crippen LogP contribution in [0.25, 0.3) is 6.08 Å². The third-order valence-electron chi connectivity index (χ3n) is 5.12. The second-order valence-corrected chi connectivity index (χ2v) is 13.2. The van der Waals surface area contributed by atoms with E-state index in [0.29, 0.717) is 18.0 Å². The number of anilines is 1. The number of carbonyl (C=O) groups excluding carboxylic acids is 1. The Morgan fingerprint density at radius 2 is 1.83 bits per heavy atom. The van der Waals surface area contributed by atoms with Crippen LogP contribution in [0.4, 0.5) is 10.5 Å². The van der Waals surface area contributed by atoms with Gasteiger partial charge in [0.1, 0.15) is 5.75 Å². The quantitative estimate of drug-likeness (QED) is 0.561. The van der Waals surface area contributed by atoms with E-state index in [1.807, 2.05) is 24.3 Å². The van der Waals surface area contributed by atoms with Crippen LogP contribution < -0.4 is 10.1 Å². The normalized spacial score (nSPS) is 12.2. The molecule has 0 aliphatic rings. The number of rotatable bonds is 7. The van der Waals surface area contributed by atoms with E-state index < -0.39 is 14.4 Å². The summed E-state index contributed by atoms with van der Waals surface area (Å²) in [6, 6.07) is 14.6. The highest BCUT2D eigenvalue weighted by atomic mass is 28.4. The van der Waals surface area contributed by atoms with Crippen molar-refractivity contribution in [2.45, 2.75) is 45.5 Å². The molecule has 156 valence electrons. The Kier molecular flexibility index (Phi) is 7.78. The highest BCUT2D eigenvalue weighted by molar-refractivity contribution is 6.74. The van der Waals surface area contributed by atoms with Crippen LogP contribution in [0.2, 0.25) is 18.1 Å². The van der Waals surface area contributed by atoms with Gasteiger partial charge in [-0.25, -0.2) is 4.79 Å². The molecule has 1 amide bonds. The fraction of sp³-hybridized carbons (Fsp3) is 0.348. The van der Waals surface area contributed by atoms with Crippen LogP contribution in [0.5, 0.6) is 5.75 Å². The van der Waals surface area contributed by atoms with E-state index in [1.165, 1.54) is 0 Å². The monoisotopic (exact) mass is 413 g/mol. The number of aliphatic hydroxyl groups excluding tert-OH is 1. The van der Waals surface area contributed by atoms with Crippen LogP contribution >= 0.6 is 0 Å². The molecular weight excluding hydrogens is 382 g/mol. The Morgan fingerprint density at radius 3 is 2.45 bits per heavy atom. The van der Waals surface area contributed by atoms with Crippen molar-refractivity contribution in [2.24, 2.45) is 0 Å². The first kappa shape index (κ1) is 22.9. The van der Waals surface area contributed by atoms with Gasteiger partial charge in [0.25, 0.3) is 0 Å². The molecule has 29 heavy (non-hydrogen) atoms. The standard InChI is InChI=1S/C23H31NO4Si/c1-23(2,3)29(4,5)27-17-18-13-14-21(19(16-18)10-9-15-25)24-22(26)28-20-11-7-6-8-12-20/h6-14,16,25H,15,17H2,1-5H3,(H,24,26)/b10-9+. The molecule has 2 aromatic rings. The van der Waals surface area contributed by atoms with E-state index in [0.717, 1.165) is 11.1 Å². The molecule has 0 aliphatic heterocycles. The first-order valence-electron chi connectivity index (χ1n) is 9.70. The van der Waals surface area contributed by atoms with Crippen LogP contribution in [0.15, 0.2) is 54.6 Å². The molecule has 0 fully saturated rings. The molecule has 0 aliphatic carbocycles. The van der Waals surface area contributed by atoms with Gasteiger partial charge >= 0.3 is 6.09 Å². The summed E-state index contributed by atoms with van der Waals surface area (Å²) >= 11 is 0. The minimum atomic E-state index is -1.86. The molecule has 5 nitrogen and oxygen atoms in total. The van der Waals surface area contributed by atoms with Gasteiger partial charge in [-0.15, -0.1) is 0 Å². The van der Waals surface area contributed by atoms with E-state index in [4.69, 9.17) is 14.3 Å². The summed E-state index contributed by atoms with van der Waals surface area (Å²) in [6.45, 7) is 11.5. The third-order valence-corrected chi connectivity index (χ3v) is 9.59. The number of hydrogen-bond donors (Lipinski definition) is 2. The van der Waals surface area contributed by atoms with Crippen LogP contribution in [-0.2, 0) is 11.0 Å². The predicted octanol–water partition coefficient (Wildman–Crippen LogP) is 5.82. The van der Waals surface area contributed by atoms with Crippen LogP contribution in [0.3, 0.4) is 0 Å². The molecule has 0 saturated carbocycles. The zero-order valence-electron chi connectivity index (χ0n) is 17.9. The Morgan fingerprint density at radius 1 is 1.14 bits per heavy atom. The minimum Gasteiger partial charge on any atom is -0.413 e. The zero-order chi connectivity index (χ0) is 21.5. The fourth-order valence-electron chi connectivity index (χ4n) is 2.34. The molecule has 2 aromatic carbocycles. The van der Waals surface area contributed by atoms with Gasteiger partial charge in [-0.1, -0.05) is 57.2 Å². The molecule has 0 radical (unpaired) electrons. The number of aliphatic hydroxyl groups is 1. The molecule has 2 N–H and O–H groups in total. The lowest BCUT2D eigenvalue weighted by atomic mass is 10.1. The molecule has 2 rings (SSSR count). The van der Waals surface area contributed by atoms with Gasteiger partial charge in [0, 0.05) is 0 Å². The maximum Gasteiger partial charge on any atom is 0.417 e. The second kappa shape index (κ2) is 9.87. The van der Waals surface area contributed by atoms with Gasteiger partial charge < -0.3 is 14.3 Å². The number of nitrogens with one attached hydrogen (secondary N) is 1. The summed E-state index contributed by atoms with van der Waals surface area (Å²) in [4.78, 5) is 12.2. The van der Waals surface area contributed by atoms with Crippen molar-refractivity contribution in [1.29, 1.82) is 0 Å². The molecule has 0 spiro atoms. The molecule has 0 bridgehead atoms. The second-order valence-electron chi connectivity index (χ2n) is 8.38. The maximum absolute atomic E-state index is 12.2. The highest BCUT2D eigenvalue weighted by Crippen LogP contribution is 2.37. The average Bonchev–Trinajstić information content (AvgIpc) is 2.66. The van der Waals surface area contributed by atoms with Gasteiger partial charge in [-0.05, 0) is 53.5 Å². The number of carbonyl (C=O) groups is 1. The zero-order valence-corrected chi connectivity index (χ0v) is 18.9. The Labute approximate surface area is 174 Å². The van der Waals surface area contributed by atoms with E-state index in [1.54, 1.807) is 36.4 Å². The highest BCUT2D eigenvalue weighted by Gasteiger charge is 2.37. The van der Waals surface area contributed by atoms with Gasteiger partial charge in [-0.2, -0.15) is 0 Å². The molecule has 0 unspecified atom stereocenters. The minimum absolute atomic E-state index is 0.0847. The van der Waals surface area contributed by atoms with Crippen molar-refractivity contribution in [3.05, 3.63) is 65.7 Å². The lowest BCUT2D eigenvalue weighted by Gasteiger charge is -2.36. The molecule has 6 heteroatoms. The van der Waals surface area contributed by atoms with Crippen molar-refractivity contribution in [3.63, 3.8) is 0 Å². The Balaban J connectivity index is 2.14. The van der Waals surface area contributed by atoms with Gasteiger partial charge in [0.05, 0.1) is 18.9 Å². The first-order chi connectivity index (χ1) is 13.6. The first-order valence-corrected chi connectivity index (χ1v) is 12.6. The summed E-state index contributed by atoms with van der Waals surface area (Å²) in [6.07, 6.45) is 2.83. The van der Waals surface area contributed by atoms with Crippen molar-refractivity contribution < 1.29 is 19.1 Å². The number of ether oxygens (including phenoxy) is 1. The summed E-state index contributed by atoms with van der Waals surface area (Å²) < 4.78 is 11.6. The molecule has 0 heterocycles. The average molecular weight is 414 g/mol. The lowest BCUT2D eigenvalue weighted by Crippen LogP contribution is -2.40. The molecule has 0 aromatic heterocycles. The van der Waals surface area contributed by atoms with Crippen LogP contribution in [0.1, 0.15) is 31.9 Å². The SMILES string of the molecule is CC(C)(C)[Si](C)(C)OCc1ccc(NC(=O)Oc2ccccc2)c(/C=C/CO)c1. The topological polar surface area (TPSA) is 67.8 Å². The number of amides is 1. The van der Waals surface area contributed by atoms with E-state index in [-0.39, 0.29) is 11.6 Å². The summed E-state index contributed by atoms with van der Waals surface area (Å²) in [5, 5.41) is 12.0. The summed E-state index contributed by atoms with van der Waals surface area (Å²) in [5.74, 6) is 0.469. The largest absolute Gasteiger partial charge is 0.417 e. The Bertz CT molecular complexity index is 842. The van der Waals surface area contributed by atoms with Crippen molar-refractivity contribution in [3.8, 4) is 5.75 Å². The summed E-state index contributed by atoms with van der Waals surface area (Å²) in [5.41, 5.74) is 2.39. The number of para-hydroxylation sites is 1. The fourth-order valence-corrected chi connectivity index (χ4v) is 3.31. The van der Waals surface area contributed by atoms with Crippen LogP contribution in [0, 0.1) is 0 Å². The lowest BCUT2D eigenvalue weighted by molar-refractivity contribution is 0.215. The smallest absolute Gasteiger partial charge is 0.413 e. The van der Waals surface area contributed by atoms with Gasteiger partial charge in [0.15, 0.2) is 8.32 Å². The maximum atomic E-state index is 12.2. The molecular formula is C23H31NO4Si. The molecule has 0 atom stereocenters. The van der Waals surface area contributed by atoms with Crippen molar-refractivity contribution in [1.82, 2.24) is 0 Å². The predicted molar refractivity (Wildman–Crippen MR) is 121 cm³/mol.